The second-order valence-electron chi connectivity index (χ2n) is 6.37. The molecular formula is C16H30N2O3. The minimum Gasteiger partial charge on any atom is -0.481 e. The maximum Gasteiger partial charge on any atom is 0.320 e. The van der Waals surface area contributed by atoms with Crippen molar-refractivity contribution >= 4 is 12.0 Å². The molecule has 21 heavy (non-hydrogen) atoms. The number of nitrogens with zero attached hydrogens (tertiary/aromatic N) is 2. The van der Waals surface area contributed by atoms with Crippen LogP contribution in [0.4, 0.5) is 4.79 Å². The van der Waals surface area contributed by atoms with Crippen LogP contribution in [0.2, 0.25) is 0 Å². The number of urea groups is 1. The number of hydrogen-bond acceptors (Lipinski definition) is 2. The van der Waals surface area contributed by atoms with Gasteiger partial charge in [0.15, 0.2) is 0 Å². The number of carbonyl (C=O) groups excluding carboxylic acids is 1. The predicted molar refractivity (Wildman–Crippen MR) is 83.3 cm³/mol. The van der Waals surface area contributed by atoms with Crippen molar-refractivity contribution < 1.29 is 14.7 Å². The number of hydrogen-bond donors (Lipinski definition) is 1. The molecule has 1 rings (SSSR count). The first kappa shape index (κ1) is 17.8. The van der Waals surface area contributed by atoms with Gasteiger partial charge < -0.3 is 14.9 Å². The standard InChI is InChI=1S/C16H30N2O3/c1-5-13(6-2)18(11-12(3)4)16(21)17(14-7-8-14)10-9-15(19)20/h12-14H,5-11H2,1-4H3,(H,19,20). The van der Waals surface area contributed by atoms with Crippen molar-refractivity contribution in [3.63, 3.8) is 0 Å². The van der Waals surface area contributed by atoms with Crippen LogP contribution in [0.15, 0.2) is 0 Å². The van der Waals surface area contributed by atoms with Crippen LogP contribution in [0, 0.1) is 5.92 Å². The Morgan fingerprint density at radius 1 is 1.19 bits per heavy atom. The van der Waals surface area contributed by atoms with E-state index in [9.17, 15) is 9.59 Å². The Labute approximate surface area is 128 Å². The minimum atomic E-state index is -0.841. The zero-order valence-electron chi connectivity index (χ0n) is 13.8. The summed E-state index contributed by atoms with van der Waals surface area (Å²) in [6.07, 6.45) is 3.91. The zero-order chi connectivity index (χ0) is 16.0. The van der Waals surface area contributed by atoms with E-state index in [1.54, 1.807) is 4.90 Å². The third-order valence-electron chi connectivity index (χ3n) is 3.99. The van der Waals surface area contributed by atoms with Crippen LogP contribution >= 0.6 is 0 Å². The molecule has 0 spiro atoms. The van der Waals surface area contributed by atoms with Crippen LogP contribution in [-0.4, -0.2) is 52.1 Å². The molecule has 0 heterocycles. The summed E-state index contributed by atoms with van der Waals surface area (Å²) in [5, 5.41) is 8.88. The molecule has 0 aromatic rings. The largest absolute Gasteiger partial charge is 0.481 e. The van der Waals surface area contributed by atoms with Gasteiger partial charge in [-0.1, -0.05) is 27.7 Å². The van der Waals surface area contributed by atoms with Crippen molar-refractivity contribution in [1.82, 2.24) is 9.80 Å². The predicted octanol–water partition coefficient (Wildman–Crippen LogP) is 3.19. The van der Waals surface area contributed by atoms with Gasteiger partial charge in [0.1, 0.15) is 0 Å². The Bertz CT molecular complexity index is 349. The van der Waals surface area contributed by atoms with E-state index >= 15 is 0 Å². The summed E-state index contributed by atoms with van der Waals surface area (Å²) in [6.45, 7) is 9.50. The fraction of sp³-hybridized carbons (Fsp3) is 0.875. The number of carboxylic acids is 1. The highest BCUT2D eigenvalue weighted by molar-refractivity contribution is 5.76. The number of carboxylic acid groups (broad SMARTS) is 1. The smallest absolute Gasteiger partial charge is 0.320 e. The number of carbonyl (C=O) groups is 2. The van der Waals surface area contributed by atoms with E-state index in [4.69, 9.17) is 5.11 Å². The van der Waals surface area contributed by atoms with Gasteiger partial charge in [-0.3, -0.25) is 4.79 Å². The lowest BCUT2D eigenvalue weighted by molar-refractivity contribution is -0.137. The quantitative estimate of drug-likeness (QED) is 0.711. The molecule has 0 atom stereocenters. The summed E-state index contributed by atoms with van der Waals surface area (Å²) >= 11 is 0. The van der Waals surface area contributed by atoms with Crippen LogP contribution in [0.1, 0.15) is 59.8 Å². The molecule has 0 saturated heterocycles. The first-order valence-electron chi connectivity index (χ1n) is 8.19. The monoisotopic (exact) mass is 298 g/mol. The van der Waals surface area contributed by atoms with Crippen molar-refractivity contribution in [1.29, 1.82) is 0 Å². The van der Waals surface area contributed by atoms with Crippen molar-refractivity contribution in [3.05, 3.63) is 0 Å². The Balaban J connectivity index is 2.80. The van der Waals surface area contributed by atoms with Crippen LogP contribution in [0.3, 0.4) is 0 Å². The molecule has 5 heteroatoms. The number of amides is 2. The maximum atomic E-state index is 12.9. The van der Waals surface area contributed by atoms with E-state index < -0.39 is 5.97 Å². The van der Waals surface area contributed by atoms with Gasteiger partial charge in [-0.05, 0) is 31.6 Å². The lowest BCUT2D eigenvalue weighted by Crippen LogP contribution is -2.50. The summed E-state index contributed by atoms with van der Waals surface area (Å²) in [7, 11) is 0. The molecule has 0 aromatic heterocycles. The van der Waals surface area contributed by atoms with Crippen LogP contribution < -0.4 is 0 Å². The SMILES string of the molecule is CCC(CC)N(CC(C)C)C(=O)N(CCC(=O)O)C1CC1. The van der Waals surface area contributed by atoms with E-state index in [0.717, 1.165) is 32.2 Å². The molecule has 1 N–H and O–H groups in total. The Morgan fingerprint density at radius 2 is 1.76 bits per heavy atom. The van der Waals surface area contributed by atoms with Gasteiger partial charge in [0, 0.05) is 25.2 Å². The topological polar surface area (TPSA) is 60.9 Å². The molecule has 0 radical (unpaired) electrons. The van der Waals surface area contributed by atoms with Gasteiger partial charge in [0.25, 0.3) is 0 Å². The molecule has 1 saturated carbocycles. The van der Waals surface area contributed by atoms with Gasteiger partial charge in [-0.25, -0.2) is 4.79 Å². The Morgan fingerprint density at radius 3 is 2.14 bits per heavy atom. The van der Waals surface area contributed by atoms with E-state index in [1.165, 1.54) is 0 Å². The summed E-state index contributed by atoms with van der Waals surface area (Å²) in [6, 6.07) is 0.521. The van der Waals surface area contributed by atoms with Crippen LogP contribution in [-0.2, 0) is 4.79 Å². The molecular weight excluding hydrogens is 268 g/mol. The highest BCUT2D eigenvalue weighted by Crippen LogP contribution is 2.29. The van der Waals surface area contributed by atoms with Gasteiger partial charge in [0.05, 0.1) is 6.42 Å². The Hall–Kier alpha value is -1.26. The van der Waals surface area contributed by atoms with E-state index in [2.05, 4.69) is 27.7 Å². The van der Waals surface area contributed by atoms with Crippen LogP contribution in [0.25, 0.3) is 0 Å². The van der Waals surface area contributed by atoms with Crippen LogP contribution in [0.5, 0.6) is 0 Å². The van der Waals surface area contributed by atoms with Crippen molar-refractivity contribution in [3.8, 4) is 0 Å². The fourth-order valence-corrected chi connectivity index (χ4v) is 2.71. The van der Waals surface area contributed by atoms with Gasteiger partial charge in [-0.2, -0.15) is 0 Å². The fourth-order valence-electron chi connectivity index (χ4n) is 2.71. The van der Waals surface area contributed by atoms with E-state index in [1.807, 2.05) is 4.90 Å². The Kier molecular flexibility index (Phi) is 6.99. The highest BCUT2D eigenvalue weighted by atomic mass is 16.4. The second-order valence-corrected chi connectivity index (χ2v) is 6.37. The molecule has 1 aliphatic rings. The molecule has 5 nitrogen and oxygen atoms in total. The normalized spacial score (nSPS) is 14.6. The lowest BCUT2D eigenvalue weighted by atomic mass is 10.1. The number of rotatable bonds is 9. The highest BCUT2D eigenvalue weighted by Gasteiger charge is 2.36. The minimum absolute atomic E-state index is 0.0284. The van der Waals surface area contributed by atoms with Crippen molar-refractivity contribution in [2.45, 2.75) is 71.9 Å². The summed E-state index contributed by atoms with van der Waals surface area (Å²) < 4.78 is 0. The maximum absolute atomic E-state index is 12.9. The third-order valence-corrected chi connectivity index (χ3v) is 3.99. The zero-order valence-corrected chi connectivity index (χ0v) is 13.8. The van der Waals surface area contributed by atoms with Gasteiger partial charge in [-0.15, -0.1) is 0 Å². The van der Waals surface area contributed by atoms with Crippen molar-refractivity contribution in [2.75, 3.05) is 13.1 Å². The first-order valence-corrected chi connectivity index (χ1v) is 8.19. The first-order chi connectivity index (χ1) is 9.90. The van der Waals surface area contributed by atoms with Gasteiger partial charge in [0.2, 0.25) is 0 Å². The average Bonchev–Trinajstić information content (AvgIpc) is 3.22. The molecule has 2 amide bonds. The summed E-state index contributed by atoms with van der Waals surface area (Å²) in [4.78, 5) is 27.5. The second kappa shape index (κ2) is 8.25. The lowest BCUT2D eigenvalue weighted by Gasteiger charge is -2.36. The molecule has 122 valence electrons. The number of aliphatic carboxylic acids is 1. The van der Waals surface area contributed by atoms with Gasteiger partial charge >= 0.3 is 12.0 Å². The molecule has 0 aromatic carbocycles. The molecule has 0 unspecified atom stereocenters. The molecule has 0 bridgehead atoms. The van der Waals surface area contributed by atoms with E-state index in [0.29, 0.717) is 12.5 Å². The van der Waals surface area contributed by atoms with E-state index in [-0.39, 0.29) is 24.5 Å². The third kappa shape index (κ3) is 5.56. The molecule has 1 fully saturated rings. The summed E-state index contributed by atoms with van der Waals surface area (Å²) in [5.74, 6) is -0.429. The molecule has 1 aliphatic carbocycles. The average molecular weight is 298 g/mol. The van der Waals surface area contributed by atoms with Crippen molar-refractivity contribution in [2.24, 2.45) is 5.92 Å². The summed E-state index contributed by atoms with van der Waals surface area (Å²) in [5.41, 5.74) is 0. The molecule has 0 aliphatic heterocycles.